The molecule has 1 aromatic rings. The first-order valence-electron chi connectivity index (χ1n) is 5.80. The lowest BCUT2D eigenvalue weighted by atomic mass is 9.92. The second-order valence-electron chi connectivity index (χ2n) is 4.41. The molecular formula is C15H16N2O. The van der Waals surface area contributed by atoms with Crippen molar-refractivity contribution >= 4 is 5.57 Å². The maximum Gasteiger partial charge on any atom is 0.133 e. The van der Waals surface area contributed by atoms with Crippen molar-refractivity contribution < 1.29 is 4.74 Å². The van der Waals surface area contributed by atoms with Gasteiger partial charge in [0.1, 0.15) is 23.5 Å². The van der Waals surface area contributed by atoms with Crippen LogP contribution in [0, 0.1) is 28.6 Å². The molecule has 92 valence electrons. The minimum absolute atomic E-state index is 0.178. The van der Waals surface area contributed by atoms with Gasteiger partial charge in [-0.3, -0.25) is 0 Å². The van der Waals surface area contributed by atoms with Gasteiger partial charge in [0.2, 0.25) is 0 Å². The predicted molar refractivity (Wildman–Crippen MR) is 70.6 cm³/mol. The van der Waals surface area contributed by atoms with Gasteiger partial charge in [-0.2, -0.15) is 10.5 Å². The molecule has 0 spiro atoms. The van der Waals surface area contributed by atoms with Crippen LogP contribution >= 0.6 is 0 Å². The summed E-state index contributed by atoms with van der Waals surface area (Å²) in [7, 11) is 1.60. The van der Waals surface area contributed by atoms with E-state index in [9.17, 15) is 0 Å². The van der Waals surface area contributed by atoms with E-state index in [4.69, 9.17) is 15.3 Å². The zero-order chi connectivity index (χ0) is 13.5. The first-order chi connectivity index (χ1) is 8.62. The molecule has 3 nitrogen and oxygen atoms in total. The summed E-state index contributed by atoms with van der Waals surface area (Å²) in [6.45, 7) is 4.12. The Morgan fingerprint density at radius 2 is 1.94 bits per heavy atom. The number of benzene rings is 1. The normalized spacial score (nSPS) is 9.44. The fraction of sp³-hybridized carbons (Fsp3) is 0.333. The highest BCUT2D eigenvalue weighted by molar-refractivity contribution is 5.76. The van der Waals surface area contributed by atoms with E-state index >= 15 is 0 Å². The van der Waals surface area contributed by atoms with Crippen LogP contribution < -0.4 is 4.74 Å². The zero-order valence-electron chi connectivity index (χ0n) is 10.9. The summed E-state index contributed by atoms with van der Waals surface area (Å²) in [5.41, 5.74) is 1.84. The number of methoxy groups -OCH3 is 1. The fourth-order valence-electron chi connectivity index (χ4n) is 1.74. The van der Waals surface area contributed by atoms with Gasteiger partial charge in [-0.1, -0.05) is 26.0 Å². The van der Waals surface area contributed by atoms with Crippen LogP contribution in [0.3, 0.4) is 0 Å². The van der Waals surface area contributed by atoms with E-state index in [-0.39, 0.29) is 5.57 Å². The molecule has 0 atom stereocenters. The number of rotatable bonds is 4. The molecule has 18 heavy (non-hydrogen) atoms. The number of nitrogens with zero attached hydrogens (tertiary/aromatic N) is 2. The van der Waals surface area contributed by atoms with Crippen molar-refractivity contribution in [1.29, 1.82) is 10.5 Å². The largest absolute Gasteiger partial charge is 0.497 e. The van der Waals surface area contributed by atoms with Gasteiger partial charge in [0.25, 0.3) is 0 Å². The average molecular weight is 240 g/mol. The van der Waals surface area contributed by atoms with Gasteiger partial charge in [0.05, 0.1) is 7.11 Å². The van der Waals surface area contributed by atoms with Gasteiger partial charge in [0, 0.05) is 0 Å². The molecule has 0 amide bonds. The van der Waals surface area contributed by atoms with Crippen molar-refractivity contribution in [3.8, 4) is 17.9 Å². The number of allylic oxidation sites excluding steroid dienone is 2. The average Bonchev–Trinajstić information content (AvgIpc) is 2.38. The highest BCUT2D eigenvalue weighted by Crippen LogP contribution is 2.28. The van der Waals surface area contributed by atoms with E-state index in [2.05, 4.69) is 13.8 Å². The molecule has 1 rings (SSSR count). The molecule has 0 saturated carbocycles. The molecule has 0 heterocycles. The van der Waals surface area contributed by atoms with Crippen LogP contribution in [-0.4, -0.2) is 7.11 Å². The molecule has 0 aliphatic heterocycles. The van der Waals surface area contributed by atoms with E-state index in [0.717, 1.165) is 16.9 Å². The molecule has 0 aromatic heterocycles. The maximum atomic E-state index is 9.04. The van der Waals surface area contributed by atoms with E-state index < -0.39 is 0 Å². The summed E-state index contributed by atoms with van der Waals surface area (Å²) >= 11 is 0. The van der Waals surface area contributed by atoms with Crippen LogP contribution in [0.2, 0.25) is 0 Å². The first kappa shape index (κ1) is 13.8. The van der Waals surface area contributed by atoms with Gasteiger partial charge in [-0.25, -0.2) is 0 Å². The van der Waals surface area contributed by atoms with Gasteiger partial charge in [-0.05, 0) is 35.6 Å². The highest BCUT2D eigenvalue weighted by atomic mass is 16.5. The van der Waals surface area contributed by atoms with Crippen molar-refractivity contribution in [2.75, 3.05) is 7.11 Å². The lowest BCUT2D eigenvalue weighted by molar-refractivity contribution is 0.414. The number of nitriles is 2. The molecule has 0 unspecified atom stereocenters. The molecule has 0 bridgehead atoms. The molecule has 3 heteroatoms. The third-order valence-electron chi connectivity index (χ3n) is 2.56. The van der Waals surface area contributed by atoms with Crippen molar-refractivity contribution in [3.05, 3.63) is 35.4 Å². The quantitative estimate of drug-likeness (QED) is 0.756. The minimum Gasteiger partial charge on any atom is -0.497 e. The van der Waals surface area contributed by atoms with Gasteiger partial charge in [-0.15, -0.1) is 0 Å². The van der Waals surface area contributed by atoms with Crippen LogP contribution in [0.1, 0.15) is 25.8 Å². The Morgan fingerprint density at radius 1 is 1.28 bits per heavy atom. The Balaban J connectivity index is 3.32. The number of hydrogen-bond acceptors (Lipinski definition) is 3. The number of hydrogen-bond donors (Lipinski definition) is 0. The molecule has 0 aliphatic carbocycles. The third-order valence-corrected chi connectivity index (χ3v) is 2.56. The summed E-state index contributed by atoms with van der Waals surface area (Å²) in [4.78, 5) is 0. The van der Waals surface area contributed by atoms with Gasteiger partial charge >= 0.3 is 0 Å². The van der Waals surface area contributed by atoms with Crippen molar-refractivity contribution in [2.45, 2.75) is 20.3 Å². The predicted octanol–water partition coefficient (Wildman–Crippen LogP) is 3.54. The van der Waals surface area contributed by atoms with Crippen LogP contribution in [0.5, 0.6) is 5.75 Å². The van der Waals surface area contributed by atoms with Crippen LogP contribution in [-0.2, 0) is 0 Å². The van der Waals surface area contributed by atoms with Crippen molar-refractivity contribution in [1.82, 2.24) is 0 Å². The zero-order valence-corrected chi connectivity index (χ0v) is 10.9. The number of ether oxygens (including phenoxy) is 1. The third kappa shape index (κ3) is 3.37. The van der Waals surface area contributed by atoms with Crippen LogP contribution in [0.15, 0.2) is 29.8 Å². The monoisotopic (exact) mass is 240 g/mol. The Bertz CT molecular complexity index is 514. The Labute approximate surface area is 108 Å². The summed E-state index contributed by atoms with van der Waals surface area (Å²) < 4.78 is 5.17. The van der Waals surface area contributed by atoms with Gasteiger partial charge in [0.15, 0.2) is 0 Å². The fourth-order valence-corrected chi connectivity index (χ4v) is 1.74. The standard InChI is InChI=1S/C15H16N2O/c1-11(2)7-15(13(9-16)10-17)12-5-4-6-14(8-12)18-3/h4-6,8,11H,7H2,1-3H3. The van der Waals surface area contributed by atoms with Crippen molar-refractivity contribution in [3.63, 3.8) is 0 Å². The van der Waals surface area contributed by atoms with Crippen molar-refractivity contribution in [2.24, 2.45) is 5.92 Å². The highest BCUT2D eigenvalue weighted by Gasteiger charge is 2.11. The van der Waals surface area contributed by atoms with E-state index in [1.807, 2.05) is 36.4 Å². The lowest BCUT2D eigenvalue weighted by Crippen LogP contribution is -1.96. The molecule has 1 aromatic carbocycles. The molecule has 0 aliphatic rings. The van der Waals surface area contributed by atoms with Gasteiger partial charge < -0.3 is 4.74 Å². The summed E-state index contributed by atoms with van der Waals surface area (Å²) in [6, 6.07) is 11.4. The smallest absolute Gasteiger partial charge is 0.133 e. The second kappa shape index (κ2) is 6.47. The Morgan fingerprint density at radius 3 is 2.44 bits per heavy atom. The second-order valence-corrected chi connectivity index (χ2v) is 4.41. The molecule has 0 N–H and O–H groups in total. The summed E-state index contributed by atoms with van der Waals surface area (Å²) in [5, 5.41) is 18.1. The summed E-state index contributed by atoms with van der Waals surface area (Å²) in [5.74, 6) is 1.10. The SMILES string of the molecule is COc1cccc(C(CC(C)C)=C(C#N)C#N)c1. The summed E-state index contributed by atoms with van der Waals surface area (Å²) in [6.07, 6.45) is 0.698. The van der Waals surface area contributed by atoms with Crippen LogP contribution in [0.4, 0.5) is 0 Å². The Hall–Kier alpha value is -2.26. The minimum atomic E-state index is 0.178. The van der Waals surface area contributed by atoms with E-state index in [1.165, 1.54) is 0 Å². The van der Waals surface area contributed by atoms with E-state index in [1.54, 1.807) is 7.11 Å². The topological polar surface area (TPSA) is 56.8 Å². The molecule has 0 radical (unpaired) electrons. The maximum absolute atomic E-state index is 9.04. The first-order valence-corrected chi connectivity index (χ1v) is 5.80. The van der Waals surface area contributed by atoms with Crippen LogP contribution in [0.25, 0.3) is 5.57 Å². The molecule has 0 saturated heterocycles. The lowest BCUT2D eigenvalue weighted by Gasteiger charge is -2.11. The molecule has 0 fully saturated rings. The van der Waals surface area contributed by atoms with E-state index in [0.29, 0.717) is 12.3 Å². The Kier molecular flexibility index (Phi) is 4.96. The molecular weight excluding hydrogens is 224 g/mol.